The second-order valence-corrected chi connectivity index (χ2v) is 11.3. The summed E-state index contributed by atoms with van der Waals surface area (Å²) in [5, 5.41) is 3.77. The summed E-state index contributed by atoms with van der Waals surface area (Å²) in [6.07, 6.45) is 7.68. The van der Waals surface area contributed by atoms with E-state index in [9.17, 15) is 0 Å². The van der Waals surface area contributed by atoms with Crippen molar-refractivity contribution in [1.82, 2.24) is 4.98 Å². The van der Waals surface area contributed by atoms with E-state index in [-0.39, 0.29) is 0 Å². The summed E-state index contributed by atoms with van der Waals surface area (Å²) < 4.78 is 0. The lowest BCUT2D eigenvalue weighted by Gasteiger charge is -2.21. The average molecular weight is 539 g/mol. The molecule has 0 aliphatic heterocycles. The fourth-order valence-electron chi connectivity index (χ4n) is 6.42. The van der Waals surface area contributed by atoms with Crippen LogP contribution in [0.2, 0.25) is 0 Å². The van der Waals surface area contributed by atoms with Crippen molar-refractivity contribution in [3.63, 3.8) is 0 Å². The van der Waals surface area contributed by atoms with Gasteiger partial charge in [0.15, 0.2) is 0 Å². The molecule has 2 nitrogen and oxygen atoms in total. The van der Waals surface area contributed by atoms with E-state index in [0.29, 0.717) is 0 Å². The minimum absolute atomic E-state index is 0.837. The fourth-order valence-corrected chi connectivity index (χ4v) is 6.42. The number of benzene rings is 5. The molecule has 0 fully saturated rings. The summed E-state index contributed by atoms with van der Waals surface area (Å²) in [6.45, 7) is 2.15. The van der Waals surface area contributed by atoms with Crippen LogP contribution in [0.3, 0.4) is 0 Å². The molecule has 6 aromatic rings. The second-order valence-electron chi connectivity index (χ2n) is 11.3. The lowest BCUT2D eigenvalue weighted by molar-refractivity contribution is 1.12. The van der Waals surface area contributed by atoms with Crippen LogP contribution in [0.4, 0.5) is 5.69 Å². The van der Waals surface area contributed by atoms with Gasteiger partial charge in [0.2, 0.25) is 0 Å². The number of hydrogen-bond donors (Lipinski definition) is 0. The molecule has 1 aromatic heterocycles. The number of rotatable bonds is 3. The molecular formula is C40H30N2. The molecule has 0 unspecified atom stereocenters. The van der Waals surface area contributed by atoms with Gasteiger partial charge in [0.05, 0.1) is 22.6 Å². The van der Waals surface area contributed by atoms with Gasteiger partial charge < -0.3 is 0 Å². The van der Waals surface area contributed by atoms with Crippen LogP contribution in [-0.4, -0.2) is 10.7 Å². The number of aliphatic imine (C=N–C) groups is 1. The third kappa shape index (κ3) is 4.28. The summed E-state index contributed by atoms with van der Waals surface area (Å²) in [5.41, 5.74) is 14.0. The lowest BCUT2D eigenvalue weighted by atomic mass is 9.84. The fraction of sp³-hybridized carbons (Fsp3) is 0.100. The Morgan fingerprint density at radius 1 is 0.619 bits per heavy atom. The summed E-state index contributed by atoms with van der Waals surface area (Å²) in [5.74, 6) is 0. The Morgan fingerprint density at radius 2 is 1.33 bits per heavy atom. The molecule has 2 aliphatic carbocycles. The summed E-state index contributed by atoms with van der Waals surface area (Å²) >= 11 is 0. The standard InChI is InChI=1S/C40H30N2/c1-26-14-15-31(24-38(26)41-39-25-32-9-3-4-10-33(32)35-12-6-7-13-36(35)39)27-16-19-29(20-17-27)37-23-22-30-21-18-28-8-2-5-11-34(28)40(30)42-37/h3-4,6-24H,2,5,25H2,1H3/b41-39+. The van der Waals surface area contributed by atoms with Crippen molar-refractivity contribution in [1.29, 1.82) is 0 Å². The molecule has 2 heteroatoms. The first-order chi connectivity index (χ1) is 20.7. The summed E-state index contributed by atoms with van der Waals surface area (Å²) in [6, 6.07) is 41.5. The van der Waals surface area contributed by atoms with Crippen LogP contribution in [0.25, 0.3) is 56.6 Å². The summed E-state index contributed by atoms with van der Waals surface area (Å²) in [4.78, 5) is 10.4. The zero-order chi connectivity index (χ0) is 28.0. The van der Waals surface area contributed by atoms with Gasteiger partial charge in [0.25, 0.3) is 0 Å². The van der Waals surface area contributed by atoms with Crippen LogP contribution in [0.5, 0.6) is 0 Å². The minimum Gasteiger partial charge on any atom is -0.252 e. The lowest BCUT2D eigenvalue weighted by Crippen LogP contribution is -2.27. The topological polar surface area (TPSA) is 25.2 Å². The van der Waals surface area contributed by atoms with Gasteiger partial charge in [-0.2, -0.15) is 0 Å². The van der Waals surface area contributed by atoms with Crippen LogP contribution in [0.1, 0.15) is 29.5 Å². The number of aryl methyl sites for hydroxylation is 1. The summed E-state index contributed by atoms with van der Waals surface area (Å²) in [7, 11) is 0. The van der Waals surface area contributed by atoms with Crippen molar-refractivity contribution in [3.8, 4) is 33.5 Å². The van der Waals surface area contributed by atoms with Crippen LogP contribution >= 0.6 is 0 Å². The van der Waals surface area contributed by atoms with E-state index in [4.69, 9.17) is 9.98 Å². The van der Waals surface area contributed by atoms with E-state index in [1.165, 1.54) is 54.8 Å². The molecule has 0 saturated carbocycles. The Morgan fingerprint density at radius 3 is 2.21 bits per heavy atom. The second kappa shape index (κ2) is 10.1. The maximum Gasteiger partial charge on any atom is 0.0784 e. The van der Waals surface area contributed by atoms with Crippen molar-refractivity contribution in [3.05, 3.63) is 142 Å². The molecule has 0 atom stereocenters. The number of nitrogens with zero attached hydrogens (tertiary/aromatic N) is 2. The maximum atomic E-state index is 5.27. The van der Waals surface area contributed by atoms with E-state index >= 15 is 0 Å². The predicted molar refractivity (Wildman–Crippen MR) is 177 cm³/mol. The highest BCUT2D eigenvalue weighted by atomic mass is 14.8. The highest BCUT2D eigenvalue weighted by Crippen LogP contribution is 2.36. The monoisotopic (exact) mass is 538 g/mol. The Bertz CT molecular complexity index is 2170. The third-order valence-electron chi connectivity index (χ3n) is 8.70. The molecular weight excluding hydrogens is 508 g/mol. The van der Waals surface area contributed by atoms with Crippen molar-refractivity contribution in [2.75, 3.05) is 0 Å². The van der Waals surface area contributed by atoms with Crippen LogP contribution in [0, 0.1) is 6.92 Å². The van der Waals surface area contributed by atoms with Crippen molar-refractivity contribution >= 4 is 34.5 Å². The molecule has 0 amide bonds. The Kier molecular flexibility index (Phi) is 5.93. The third-order valence-corrected chi connectivity index (χ3v) is 8.70. The van der Waals surface area contributed by atoms with Crippen LogP contribution in [0.15, 0.2) is 120 Å². The van der Waals surface area contributed by atoms with E-state index in [1.807, 2.05) is 0 Å². The first-order valence-corrected chi connectivity index (χ1v) is 14.8. The van der Waals surface area contributed by atoms with Crippen molar-refractivity contribution in [2.24, 2.45) is 4.99 Å². The zero-order valence-corrected chi connectivity index (χ0v) is 23.6. The minimum atomic E-state index is 0.837. The quantitative estimate of drug-likeness (QED) is 0.222. The van der Waals surface area contributed by atoms with Crippen molar-refractivity contribution in [2.45, 2.75) is 26.2 Å². The first kappa shape index (κ1) is 24.7. The largest absolute Gasteiger partial charge is 0.252 e. The predicted octanol–water partition coefficient (Wildman–Crippen LogP) is 8.58. The Balaban J connectivity index is 1.14. The molecule has 0 saturated heterocycles. The molecule has 42 heavy (non-hydrogen) atoms. The molecule has 2 aliphatic rings. The normalized spacial score (nSPS) is 14.5. The van der Waals surface area contributed by atoms with Gasteiger partial charge in [0.1, 0.15) is 0 Å². The van der Waals surface area contributed by atoms with Gasteiger partial charge in [-0.25, -0.2) is 4.98 Å². The van der Waals surface area contributed by atoms with Gasteiger partial charge >= 0.3 is 0 Å². The van der Waals surface area contributed by atoms with Gasteiger partial charge in [-0.05, 0) is 70.5 Å². The number of aromatic nitrogens is 1. The van der Waals surface area contributed by atoms with Gasteiger partial charge in [0, 0.05) is 28.2 Å². The van der Waals surface area contributed by atoms with Crippen LogP contribution < -0.4 is 10.4 Å². The molecule has 0 bridgehead atoms. The Hall–Kier alpha value is -5.08. The zero-order valence-electron chi connectivity index (χ0n) is 23.6. The molecule has 1 heterocycles. The molecule has 200 valence electrons. The van der Waals surface area contributed by atoms with Gasteiger partial charge in [-0.3, -0.25) is 4.99 Å². The Labute approximate surface area is 246 Å². The number of fused-ring (bicyclic) bond motifs is 6. The molecule has 0 N–H and O–H groups in total. The molecule has 5 aromatic carbocycles. The molecule has 8 rings (SSSR count). The molecule has 0 spiro atoms. The number of pyridine rings is 1. The van der Waals surface area contributed by atoms with Gasteiger partial charge in [-0.15, -0.1) is 0 Å². The average Bonchev–Trinajstić information content (AvgIpc) is 3.05. The highest BCUT2D eigenvalue weighted by molar-refractivity contribution is 6.11. The first-order valence-electron chi connectivity index (χ1n) is 14.8. The highest BCUT2D eigenvalue weighted by Gasteiger charge is 2.20. The number of hydrogen-bond acceptors (Lipinski definition) is 2. The van der Waals surface area contributed by atoms with E-state index < -0.39 is 0 Å². The van der Waals surface area contributed by atoms with E-state index in [0.717, 1.165) is 47.4 Å². The SMILES string of the molecule is Cc1ccc(-c2ccc(-c3ccc4ccc5c(c4n3)=CCCC=5)cc2)cc1/N=C1\Cc2ccccc2-c2ccccc21. The van der Waals surface area contributed by atoms with Crippen molar-refractivity contribution < 1.29 is 0 Å². The molecule has 0 radical (unpaired) electrons. The van der Waals surface area contributed by atoms with Gasteiger partial charge in [-0.1, -0.05) is 115 Å². The van der Waals surface area contributed by atoms with E-state index in [2.05, 4.69) is 134 Å². The smallest absolute Gasteiger partial charge is 0.0784 e. The van der Waals surface area contributed by atoms with Crippen LogP contribution in [-0.2, 0) is 6.42 Å². The maximum absolute atomic E-state index is 5.27. The van der Waals surface area contributed by atoms with E-state index in [1.54, 1.807) is 0 Å².